The topological polar surface area (TPSA) is 70.7 Å². The van der Waals surface area contributed by atoms with Crippen molar-refractivity contribution >= 4 is 17.7 Å². The Morgan fingerprint density at radius 3 is 2.33 bits per heavy atom. The zero-order valence-electron chi connectivity index (χ0n) is 18.0. The number of rotatable bonds is 7. The normalized spacial score (nSPS) is 16.0. The van der Waals surface area contributed by atoms with E-state index in [1.165, 1.54) is 5.56 Å². The maximum atomic E-state index is 12.9. The summed E-state index contributed by atoms with van der Waals surface area (Å²) in [7, 11) is 1.94. The summed E-state index contributed by atoms with van der Waals surface area (Å²) >= 11 is 0. The van der Waals surface area contributed by atoms with Crippen LogP contribution in [0.2, 0.25) is 0 Å². The van der Waals surface area contributed by atoms with Gasteiger partial charge in [-0.25, -0.2) is 9.59 Å². The molecule has 1 atom stereocenters. The van der Waals surface area contributed by atoms with E-state index in [-0.39, 0.29) is 12.6 Å². The SMILES string of the molecule is CCOC(=O)C1=C(CN(C)c2ccc(CC)cc2)NC(=O)N[C@H]1c1ccc(C)cc1. The third kappa shape index (κ3) is 4.82. The molecule has 1 heterocycles. The second-order valence-corrected chi connectivity index (χ2v) is 7.43. The summed E-state index contributed by atoms with van der Waals surface area (Å²) in [5.41, 5.74) is 5.18. The summed E-state index contributed by atoms with van der Waals surface area (Å²) in [6, 6.07) is 15.1. The number of ether oxygens (including phenoxy) is 1. The van der Waals surface area contributed by atoms with Crippen molar-refractivity contribution in [3.05, 3.63) is 76.5 Å². The fourth-order valence-electron chi connectivity index (χ4n) is 3.52. The van der Waals surface area contributed by atoms with Crippen molar-refractivity contribution < 1.29 is 14.3 Å². The highest BCUT2D eigenvalue weighted by atomic mass is 16.5. The van der Waals surface area contributed by atoms with Crippen LogP contribution in [0.4, 0.5) is 10.5 Å². The summed E-state index contributed by atoms with van der Waals surface area (Å²) < 4.78 is 5.33. The molecule has 0 bridgehead atoms. The highest BCUT2D eigenvalue weighted by Gasteiger charge is 2.34. The monoisotopic (exact) mass is 407 g/mol. The average Bonchev–Trinajstić information content (AvgIpc) is 2.74. The van der Waals surface area contributed by atoms with Crippen LogP contribution in [0, 0.1) is 6.92 Å². The van der Waals surface area contributed by atoms with Crippen LogP contribution in [0.15, 0.2) is 59.8 Å². The van der Waals surface area contributed by atoms with Gasteiger partial charge in [-0.3, -0.25) is 0 Å². The van der Waals surface area contributed by atoms with Gasteiger partial charge in [0.05, 0.1) is 30.5 Å². The lowest BCUT2D eigenvalue weighted by Gasteiger charge is -2.31. The second-order valence-electron chi connectivity index (χ2n) is 7.43. The van der Waals surface area contributed by atoms with Crippen molar-refractivity contribution in [3.8, 4) is 0 Å². The molecule has 1 aliphatic heterocycles. The molecular weight excluding hydrogens is 378 g/mol. The van der Waals surface area contributed by atoms with E-state index < -0.39 is 12.0 Å². The van der Waals surface area contributed by atoms with Gasteiger partial charge in [-0.2, -0.15) is 0 Å². The summed E-state index contributed by atoms with van der Waals surface area (Å²) in [6.45, 7) is 6.52. The van der Waals surface area contributed by atoms with Gasteiger partial charge in [0.15, 0.2) is 0 Å². The molecule has 0 saturated heterocycles. The van der Waals surface area contributed by atoms with Crippen LogP contribution in [-0.4, -0.2) is 32.2 Å². The third-order valence-corrected chi connectivity index (χ3v) is 5.24. The number of likely N-dealkylation sites (N-methyl/N-ethyl adjacent to an activating group) is 1. The number of carbonyl (C=O) groups excluding carboxylic acids is 2. The Morgan fingerprint density at radius 1 is 1.07 bits per heavy atom. The molecule has 3 rings (SSSR count). The standard InChI is InChI=1S/C24H29N3O3/c1-5-17-9-13-19(14-10-17)27(4)15-20-21(23(28)30-6-2)22(26-24(29)25-20)18-11-7-16(3)8-12-18/h7-14,22H,5-6,15H2,1-4H3,(H2,25,26,29)/t22-/m0/s1. The molecule has 2 aromatic rings. The van der Waals surface area contributed by atoms with E-state index in [0.29, 0.717) is 17.8 Å². The molecule has 2 N–H and O–H groups in total. The zero-order valence-corrected chi connectivity index (χ0v) is 18.0. The highest BCUT2D eigenvalue weighted by molar-refractivity contribution is 5.95. The number of hydrogen-bond donors (Lipinski definition) is 2. The van der Waals surface area contributed by atoms with E-state index >= 15 is 0 Å². The smallest absolute Gasteiger partial charge is 0.338 e. The number of aryl methyl sites for hydroxylation is 2. The Balaban J connectivity index is 1.98. The number of amides is 2. The predicted molar refractivity (Wildman–Crippen MR) is 118 cm³/mol. The lowest BCUT2D eigenvalue weighted by molar-refractivity contribution is -0.139. The van der Waals surface area contributed by atoms with Crippen molar-refractivity contribution in [2.24, 2.45) is 0 Å². The lowest BCUT2D eigenvalue weighted by atomic mass is 9.94. The molecule has 1 aliphatic rings. The van der Waals surface area contributed by atoms with Gasteiger partial charge in [0.25, 0.3) is 0 Å². The average molecular weight is 408 g/mol. The highest BCUT2D eigenvalue weighted by Crippen LogP contribution is 2.29. The first kappa shape index (κ1) is 21.4. The van der Waals surface area contributed by atoms with E-state index in [0.717, 1.165) is 23.2 Å². The van der Waals surface area contributed by atoms with Crippen molar-refractivity contribution in [1.82, 2.24) is 10.6 Å². The van der Waals surface area contributed by atoms with Crippen molar-refractivity contribution in [2.45, 2.75) is 33.2 Å². The van der Waals surface area contributed by atoms with Gasteiger partial charge in [-0.05, 0) is 43.5 Å². The maximum absolute atomic E-state index is 12.9. The number of carbonyl (C=O) groups is 2. The molecule has 0 saturated carbocycles. The fourth-order valence-corrected chi connectivity index (χ4v) is 3.52. The van der Waals surface area contributed by atoms with Gasteiger partial charge in [-0.15, -0.1) is 0 Å². The molecule has 2 amide bonds. The van der Waals surface area contributed by atoms with Crippen molar-refractivity contribution in [3.63, 3.8) is 0 Å². The van der Waals surface area contributed by atoms with Crippen LogP contribution in [0.25, 0.3) is 0 Å². The van der Waals surface area contributed by atoms with Crippen LogP contribution in [-0.2, 0) is 16.0 Å². The minimum atomic E-state index is -0.565. The number of nitrogens with one attached hydrogen (secondary N) is 2. The van der Waals surface area contributed by atoms with Crippen molar-refractivity contribution in [1.29, 1.82) is 0 Å². The molecule has 6 nitrogen and oxygen atoms in total. The molecule has 0 fully saturated rings. The molecule has 0 unspecified atom stereocenters. The van der Waals surface area contributed by atoms with Gasteiger partial charge in [0, 0.05) is 12.7 Å². The Hall–Kier alpha value is -3.28. The Kier molecular flexibility index (Phi) is 6.77. The first-order valence-electron chi connectivity index (χ1n) is 10.3. The number of urea groups is 1. The number of hydrogen-bond acceptors (Lipinski definition) is 4. The fraction of sp³-hybridized carbons (Fsp3) is 0.333. The van der Waals surface area contributed by atoms with Gasteiger partial charge in [-0.1, -0.05) is 48.9 Å². The minimum Gasteiger partial charge on any atom is -0.463 e. The van der Waals surface area contributed by atoms with Crippen molar-refractivity contribution in [2.75, 3.05) is 25.1 Å². The van der Waals surface area contributed by atoms with Crippen LogP contribution in [0.1, 0.15) is 36.6 Å². The number of esters is 1. The Bertz CT molecular complexity index is 933. The quantitative estimate of drug-likeness (QED) is 0.684. The van der Waals surface area contributed by atoms with Crippen LogP contribution < -0.4 is 15.5 Å². The van der Waals surface area contributed by atoms with Crippen LogP contribution in [0.5, 0.6) is 0 Å². The van der Waals surface area contributed by atoms with Gasteiger partial charge in [0.2, 0.25) is 0 Å². The van der Waals surface area contributed by atoms with E-state index in [4.69, 9.17) is 4.74 Å². The van der Waals surface area contributed by atoms with Crippen LogP contribution in [0.3, 0.4) is 0 Å². The molecule has 0 spiro atoms. The first-order chi connectivity index (χ1) is 14.4. The Morgan fingerprint density at radius 2 is 1.73 bits per heavy atom. The van der Waals surface area contributed by atoms with E-state index in [1.807, 2.05) is 55.3 Å². The van der Waals surface area contributed by atoms with E-state index in [1.54, 1.807) is 6.92 Å². The molecule has 30 heavy (non-hydrogen) atoms. The summed E-state index contributed by atoms with van der Waals surface area (Å²) in [5.74, 6) is -0.430. The molecule has 2 aromatic carbocycles. The Labute approximate surface area is 177 Å². The number of nitrogens with zero attached hydrogens (tertiary/aromatic N) is 1. The van der Waals surface area contributed by atoms with E-state index in [9.17, 15) is 9.59 Å². The largest absolute Gasteiger partial charge is 0.463 e. The molecule has 158 valence electrons. The molecule has 0 aliphatic carbocycles. The van der Waals surface area contributed by atoms with Gasteiger partial charge < -0.3 is 20.3 Å². The maximum Gasteiger partial charge on any atom is 0.338 e. The molecule has 0 radical (unpaired) electrons. The van der Waals surface area contributed by atoms with Gasteiger partial charge >= 0.3 is 12.0 Å². The zero-order chi connectivity index (χ0) is 21.7. The summed E-state index contributed by atoms with van der Waals surface area (Å²) in [5, 5.41) is 5.70. The summed E-state index contributed by atoms with van der Waals surface area (Å²) in [4.78, 5) is 27.3. The first-order valence-corrected chi connectivity index (χ1v) is 10.3. The molecular formula is C24H29N3O3. The predicted octanol–water partition coefficient (Wildman–Crippen LogP) is 3.86. The molecule has 6 heteroatoms. The van der Waals surface area contributed by atoms with Crippen LogP contribution >= 0.6 is 0 Å². The van der Waals surface area contributed by atoms with Gasteiger partial charge in [0.1, 0.15) is 0 Å². The number of benzene rings is 2. The number of anilines is 1. The summed E-state index contributed by atoms with van der Waals surface area (Å²) in [6.07, 6.45) is 0.974. The lowest BCUT2D eigenvalue weighted by Crippen LogP contribution is -2.48. The van der Waals surface area contributed by atoms with E-state index in [2.05, 4.69) is 29.7 Å². The third-order valence-electron chi connectivity index (χ3n) is 5.24. The molecule has 0 aromatic heterocycles. The minimum absolute atomic E-state index is 0.262. The second kappa shape index (κ2) is 9.48.